The summed E-state index contributed by atoms with van der Waals surface area (Å²) in [5.74, 6) is 1.05. The summed E-state index contributed by atoms with van der Waals surface area (Å²) in [4.78, 5) is 0. The first-order valence-electron chi connectivity index (χ1n) is 7.53. The van der Waals surface area contributed by atoms with Crippen LogP contribution in [0.25, 0.3) is 16.9 Å². The molecule has 0 fully saturated rings. The third-order valence-corrected chi connectivity index (χ3v) is 5.02. The van der Waals surface area contributed by atoms with Crippen molar-refractivity contribution < 1.29 is 0 Å². The van der Waals surface area contributed by atoms with E-state index in [0.717, 1.165) is 35.7 Å². The van der Waals surface area contributed by atoms with Crippen LogP contribution in [0.15, 0.2) is 42.5 Å². The van der Waals surface area contributed by atoms with E-state index in [-0.39, 0.29) is 0 Å². The standard InChI is InChI=1S/C18H15Cl2N3/c1-11-5-2-3-8-15(11)23-18-13(9-10-21-18)17(22-23)12-6-4-7-14(19)16(12)20/h2-8,21H,9-10H2,1H3. The number of rotatable bonds is 2. The second-order valence-electron chi connectivity index (χ2n) is 5.65. The maximum absolute atomic E-state index is 6.41. The van der Waals surface area contributed by atoms with Gasteiger partial charge in [-0.3, -0.25) is 0 Å². The van der Waals surface area contributed by atoms with Gasteiger partial charge in [-0.2, -0.15) is 5.10 Å². The first kappa shape index (κ1) is 14.6. The van der Waals surface area contributed by atoms with E-state index in [1.165, 1.54) is 11.1 Å². The van der Waals surface area contributed by atoms with E-state index in [2.05, 4.69) is 24.4 Å². The van der Waals surface area contributed by atoms with Gasteiger partial charge >= 0.3 is 0 Å². The predicted octanol–water partition coefficient (Wildman–Crippen LogP) is 5.12. The number of nitrogens with zero attached hydrogens (tertiary/aromatic N) is 2. The van der Waals surface area contributed by atoms with Crippen molar-refractivity contribution in [3.63, 3.8) is 0 Å². The second-order valence-corrected chi connectivity index (χ2v) is 6.44. The first-order valence-corrected chi connectivity index (χ1v) is 8.28. The number of benzene rings is 2. The highest BCUT2D eigenvalue weighted by Crippen LogP contribution is 2.39. The van der Waals surface area contributed by atoms with Crippen LogP contribution in [0.4, 0.5) is 5.82 Å². The number of hydrogen-bond donors (Lipinski definition) is 1. The highest BCUT2D eigenvalue weighted by Gasteiger charge is 2.25. The smallest absolute Gasteiger partial charge is 0.133 e. The average molecular weight is 344 g/mol. The Morgan fingerprint density at radius 2 is 1.91 bits per heavy atom. The molecule has 3 nitrogen and oxygen atoms in total. The van der Waals surface area contributed by atoms with Crippen LogP contribution in [0.3, 0.4) is 0 Å². The zero-order valence-electron chi connectivity index (χ0n) is 12.6. The third-order valence-electron chi connectivity index (χ3n) is 4.20. The quantitative estimate of drug-likeness (QED) is 0.699. The molecule has 23 heavy (non-hydrogen) atoms. The molecule has 0 aliphatic carbocycles. The molecule has 0 amide bonds. The molecule has 0 spiro atoms. The lowest BCUT2D eigenvalue weighted by atomic mass is 10.1. The fourth-order valence-electron chi connectivity index (χ4n) is 3.05. The molecule has 1 N–H and O–H groups in total. The van der Waals surface area contributed by atoms with Crippen LogP contribution in [0.2, 0.25) is 10.0 Å². The Balaban J connectivity index is 1.96. The van der Waals surface area contributed by atoms with Crippen molar-refractivity contribution in [1.29, 1.82) is 0 Å². The number of aromatic nitrogens is 2. The van der Waals surface area contributed by atoms with Gasteiger partial charge in [-0.05, 0) is 31.0 Å². The molecule has 0 radical (unpaired) electrons. The van der Waals surface area contributed by atoms with Crippen LogP contribution < -0.4 is 5.32 Å². The van der Waals surface area contributed by atoms with Crippen LogP contribution >= 0.6 is 23.2 Å². The molecular formula is C18H15Cl2N3. The van der Waals surface area contributed by atoms with Crippen LogP contribution in [0, 0.1) is 6.92 Å². The summed E-state index contributed by atoms with van der Waals surface area (Å²) in [7, 11) is 0. The van der Waals surface area contributed by atoms with Crippen molar-refractivity contribution in [2.45, 2.75) is 13.3 Å². The molecule has 0 bridgehead atoms. The lowest BCUT2D eigenvalue weighted by Crippen LogP contribution is -2.05. The Bertz CT molecular complexity index is 899. The van der Waals surface area contributed by atoms with Crippen molar-refractivity contribution in [2.75, 3.05) is 11.9 Å². The first-order chi connectivity index (χ1) is 11.2. The van der Waals surface area contributed by atoms with Crippen LogP contribution in [0.5, 0.6) is 0 Å². The predicted molar refractivity (Wildman–Crippen MR) is 96.0 cm³/mol. The number of anilines is 1. The second kappa shape index (κ2) is 5.59. The SMILES string of the molecule is Cc1ccccc1-n1nc(-c2cccc(Cl)c2Cl)c2c1NCC2. The molecule has 0 saturated carbocycles. The number of fused-ring (bicyclic) bond motifs is 1. The number of para-hydroxylation sites is 1. The van der Waals surface area contributed by atoms with Gasteiger partial charge in [0.05, 0.1) is 21.4 Å². The van der Waals surface area contributed by atoms with Gasteiger partial charge in [0.2, 0.25) is 0 Å². The van der Waals surface area contributed by atoms with E-state index in [4.69, 9.17) is 28.3 Å². The van der Waals surface area contributed by atoms with E-state index >= 15 is 0 Å². The summed E-state index contributed by atoms with van der Waals surface area (Å²) in [6.07, 6.45) is 0.930. The normalized spacial score (nSPS) is 13.0. The molecular weight excluding hydrogens is 329 g/mol. The summed E-state index contributed by atoms with van der Waals surface area (Å²) in [5.41, 5.74) is 5.22. The Hall–Kier alpha value is -1.97. The van der Waals surface area contributed by atoms with E-state index in [0.29, 0.717) is 10.0 Å². The summed E-state index contributed by atoms with van der Waals surface area (Å²) < 4.78 is 1.98. The number of nitrogens with one attached hydrogen (secondary N) is 1. The summed E-state index contributed by atoms with van der Waals surface area (Å²) in [6, 6.07) is 13.9. The Kier molecular flexibility index (Phi) is 3.55. The zero-order valence-corrected chi connectivity index (χ0v) is 14.1. The van der Waals surface area contributed by atoms with Gasteiger partial charge < -0.3 is 5.32 Å². The van der Waals surface area contributed by atoms with Gasteiger partial charge in [-0.25, -0.2) is 4.68 Å². The lowest BCUT2D eigenvalue weighted by molar-refractivity contribution is 0.875. The van der Waals surface area contributed by atoms with Gasteiger partial charge in [0, 0.05) is 17.7 Å². The molecule has 0 unspecified atom stereocenters. The van der Waals surface area contributed by atoms with Crippen LogP contribution in [-0.4, -0.2) is 16.3 Å². The molecule has 0 atom stereocenters. The maximum atomic E-state index is 6.41. The zero-order chi connectivity index (χ0) is 16.0. The van der Waals surface area contributed by atoms with Gasteiger partial charge in [0.1, 0.15) is 5.82 Å². The van der Waals surface area contributed by atoms with Crippen molar-refractivity contribution in [1.82, 2.24) is 9.78 Å². The molecule has 116 valence electrons. The van der Waals surface area contributed by atoms with Crippen molar-refractivity contribution >= 4 is 29.0 Å². The highest BCUT2D eigenvalue weighted by molar-refractivity contribution is 6.43. The Morgan fingerprint density at radius 1 is 1.09 bits per heavy atom. The maximum Gasteiger partial charge on any atom is 0.133 e. The molecule has 1 aliphatic heterocycles. The molecule has 2 aromatic carbocycles. The summed E-state index contributed by atoms with van der Waals surface area (Å²) >= 11 is 12.6. The van der Waals surface area contributed by atoms with E-state index in [9.17, 15) is 0 Å². The van der Waals surface area contributed by atoms with Crippen LogP contribution in [-0.2, 0) is 6.42 Å². The minimum atomic E-state index is 0.550. The highest BCUT2D eigenvalue weighted by atomic mass is 35.5. The molecule has 0 saturated heterocycles. The van der Waals surface area contributed by atoms with E-state index in [1.807, 2.05) is 28.9 Å². The van der Waals surface area contributed by atoms with Gasteiger partial charge in [0.25, 0.3) is 0 Å². The molecule has 1 aliphatic rings. The number of halogens is 2. The Morgan fingerprint density at radius 3 is 2.74 bits per heavy atom. The largest absolute Gasteiger partial charge is 0.369 e. The molecule has 2 heterocycles. The van der Waals surface area contributed by atoms with Crippen molar-refractivity contribution in [2.24, 2.45) is 0 Å². The van der Waals surface area contributed by atoms with Crippen LogP contribution in [0.1, 0.15) is 11.1 Å². The monoisotopic (exact) mass is 343 g/mol. The molecule has 4 rings (SSSR count). The molecule has 5 heteroatoms. The van der Waals surface area contributed by atoms with Gasteiger partial charge in [-0.1, -0.05) is 53.5 Å². The molecule has 3 aromatic rings. The van der Waals surface area contributed by atoms with Crippen molar-refractivity contribution in [3.8, 4) is 16.9 Å². The Labute approximate surface area is 144 Å². The minimum absolute atomic E-state index is 0.550. The van der Waals surface area contributed by atoms with E-state index in [1.54, 1.807) is 6.07 Å². The third kappa shape index (κ3) is 2.32. The summed E-state index contributed by atoms with van der Waals surface area (Å²) in [6.45, 7) is 2.99. The van der Waals surface area contributed by atoms with Gasteiger partial charge in [0.15, 0.2) is 0 Å². The average Bonchev–Trinajstić information content (AvgIpc) is 3.13. The van der Waals surface area contributed by atoms with E-state index < -0.39 is 0 Å². The fraction of sp³-hybridized carbons (Fsp3) is 0.167. The molecule has 1 aromatic heterocycles. The minimum Gasteiger partial charge on any atom is -0.369 e. The number of hydrogen-bond acceptors (Lipinski definition) is 2. The van der Waals surface area contributed by atoms with Gasteiger partial charge in [-0.15, -0.1) is 0 Å². The van der Waals surface area contributed by atoms with Crippen molar-refractivity contribution in [3.05, 3.63) is 63.6 Å². The number of aryl methyl sites for hydroxylation is 1. The summed E-state index contributed by atoms with van der Waals surface area (Å²) in [5, 5.41) is 9.39. The topological polar surface area (TPSA) is 29.9 Å². The fourth-order valence-corrected chi connectivity index (χ4v) is 3.44. The lowest BCUT2D eigenvalue weighted by Gasteiger charge is -2.09.